The fourth-order valence-electron chi connectivity index (χ4n) is 1.93. The minimum Gasteiger partial charge on any atom is -0.478 e. The number of para-hydroxylation sites is 1. The summed E-state index contributed by atoms with van der Waals surface area (Å²) in [4.78, 5) is 0. The molecule has 1 atom stereocenters. The van der Waals surface area contributed by atoms with Crippen molar-refractivity contribution in [2.45, 2.75) is 32.7 Å². The van der Waals surface area contributed by atoms with Gasteiger partial charge in [-0.25, -0.2) is 0 Å². The zero-order chi connectivity index (χ0) is 13.6. The van der Waals surface area contributed by atoms with Gasteiger partial charge in [0.1, 0.15) is 5.75 Å². The molecule has 1 aromatic carbocycles. The van der Waals surface area contributed by atoms with Gasteiger partial charge in [-0.3, -0.25) is 0 Å². The first-order chi connectivity index (χ1) is 8.69. The van der Waals surface area contributed by atoms with Crippen LogP contribution in [0.2, 0.25) is 0 Å². The van der Waals surface area contributed by atoms with Gasteiger partial charge in [0.05, 0.1) is 0 Å². The normalized spacial score (nSPS) is 20.8. The molecular formula is C15H22O3. The molecule has 0 spiro atoms. The number of fused-ring (bicyclic) bond motifs is 1. The third-order valence-corrected chi connectivity index (χ3v) is 2.74. The van der Waals surface area contributed by atoms with Crippen LogP contribution < -0.4 is 4.74 Å². The second-order valence-electron chi connectivity index (χ2n) is 3.96. The standard InChI is InChI=1S/C13H16O3.C2H6/c1-13(12(14-2)15-3)9-8-10-6-4-5-7-11(10)16-13;1-2/h4-9,12H,1-3H3;1-2H3/t13-;/m1./s1. The van der Waals surface area contributed by atoms with Crippen molar-refractivity contribution in [3.63, 3.8) is 0 Å². The summed E-state index contributed by atoms with van der Waals surface area (Å²) in [5, 5.41) is 0. The summed E-state index contributed by atoms with van der Waals surface area (Å²) in [5.74, 6) is 0.853. The predicted molar refractivity (Wildman–Crippen MR) is 73.7 cm³/mol. The summed E-state index contributed by atoms with van der Waals surface area (Å²) < 4.78 is 16.4. The molecule has 0 aromatic heterocycles. The lowest BCUT2D eigenvalue weighted by molar-refractivity contribution is -0.180. The molecule has 1 heterocycles. The number of rotatable bonds is 3. The Balaban J connectivity index is 0.000000771. The van der Waals surface area contributed by atoms with Gasteiger partial charge in [-0.2, -0.15) is 0 Å². The van der Waals surface area contributed by atoms with Gasteiger partial charge in [0, 0.05) is 19.8 Å². The maximum Gasteiger partial charge on any atom is 0.200 e. The van der Waals surface area contributed by atoms with Crippen LogP contribution in [0.5, 0.6) is 5.75 Å². The molecule has 0 radical (unpaired) electrons. The van der Waals surface area contributed by atoms with Crippen LogP contribution in [0.4, 0.5) is 0 Å². The quantitative estimate of drug-likeness (QED) is 0.768. The first-order valence-corrected chi connectivity index (χ1v) is 6.22. The van der Waals surface area contributed by atoms with E-state index in [-0.39, 0.29) is 0 Å². The van der Waals surface area contributed by atoms with Crippen LogP contribution in [0, 0.1) is 0 Å². The molecule has 2 rings (SSSR count). The molecule has 0 aliphatic carbocycles. The molecule has 0 amide bonds. The third-order valence-electron chi connectivity index (χ3n) is 2.74. The van der Waals surface area contributed by atoms with E-state index in [4.69, 9.17) is 14.2 Å². The van der Waals surface area contributed by atoms with Crippen molar-refractivity contribution in [3.05, 3.63) is 35.9 Å². The Hall–Kier alpha value is -1.32. The minimum absolute atomic E-state index is 0.419. The number of ether oxygens (including phenoxy) is 3. The SMILES string of the molecule is CC.COC(OC)[C@@]1(C)C=Cc2ccccc2O1. The number of methoxy groups -OCH3 is 2. The molecule has 18 heavy (non-hydrogen) atoms. The zero-order valence-corrected chi connectivity index (χ0v) is 11.8. The summed E-state index contributed by atoms with van der Waals surface area (Å²) >= 11 is 0. The lowest BCUT2D eigenvalue weighted by Crippen LogP contribution is -2.46. The lowest BCUT2D eigenvalue weighted by atomic mass is 9.99. The van der Waals surface area contributed by atoms with Crippen molar-refractivity contribution in [3.8, 4) is 5.75 Å². The third kappa shape index (κ3) is 2.92. The number of hydrogen-bond acceptors (Lipinski definition) is 3. The van der Waals surface area contributed by atoms with Gasteiger partial charge in [0.2, 0.25) is 6.29 Å². The summed E-state index contributed by atoms with van der Waals surface area (Å²) in [6.07, 6.45) is 3.58. The second kappa shape index (κ2) is 6.57. The Morgan fingerprint density at radius 3 is 2.33 bits per heavy atom. The summed E-state index contributed by atoms with van der Waals surface area (Å²) in [6.45, 7) is 5.94. The van der Waals surface area contributed by atoms with Crippen molar-refractivity contribution < 1.29 is 14.2 Å². The summed E-state index contributed by atoms with van der Waals surface area (Å²) in [6, 6.07) is 7.89. The van der Waals surface area contributed by atoms with Crippen LogP contribution in [0.3, 0.4) is 0 Å². The molecule has 1 aliphatic heterocycles. The largest absolute Gasteiger partial charge is 0.478 e. The highest BCUT2D eigenvalue weighted by atomic mass is 16.7. The van der Waals surface area contributed by atoms with E-state index >= 15 is 0 Å². The number of hydrogen-bond donors (Lipinski definition) is 0. The predicted octanol–water partition coefficient (Wildman–Crippen LogP) is 3.50. The van der Waals surface area contributed by atoms with Gasteiger partial charge in [0.25, 0.3) is 0 Å². The minimum atomic E-state index is -0.585. The van der Waals surface area contributed by atoms with Gasteiger partial charge in [-0.15, -0.1) is 0 Å². The Morgan fingerprint density at radius 2 is 1.72 bits per heavy atom. The molecule has 0 bridgehead atoms. The van der Waals surface area contributed by atoms with Crippen molar-refractivity contribution in [1.82, 2.24) is 0 Å². The van der Waals surface area contributed by atoms with E-state index in [0.717, 1.165) is 11.3 Å². The van der Waals surface area contributed by atoms with Gasteiger partial charge < -0.3 is 14.2 Å². The van der Waals surface area contributed by atoms with E-state index in [9.17, 15) is 0 Å². The maximum absolute atomic E-state index is 5.93. The van der Waals surface area contributed by atoms with Crippen LogP contribution >= 0.6 is 0 Å². The molecule has 0 N–H and O–H groups in total. The molecule has 3 heteroatoms. The van der Waals surface area contributed by atoms with E-state index in [2.05, 4.69) is 0 Å². The van der Waals surface area contributed by atoms with E-state index in [1.165, 1.54) is 0 Å². The van der Waals surface area contributed by atoms with Crippen molar-refractivity contribution >= 4 is 6.08 Å². The van der Waals surface area contributed by atoms with Gasteiger partial charge >= 0.3 is 0 Å². The topological polar surface area (TPSA) is 27.7 Å². The monoisotopic (exact) mass is 250 g/mol. The fraction of sp³-hybridized carbons (Fsp3) is 0.467. The Morgan fingerprint density at radius 1 is 1.11 bits per heavy atom. The fourth-order valence-corrected chi connectivity index (χ4v) is 1.93. The highest BCUT2D eigenvalue weighted by Gasteiger charge is 2.37. The van der Waals surface area contributed by atoms with Crippen LogP contribution in [0.1, 0.15) is 26.3 Å². The molecule has 1 aliphatic rings. The second-order valence-corrected chi connectivity index (χ2v) is 3.96. The Bertz CT molecular complexity index is 396. The molecule has 100 valence electrons. The highest BCUT2D eigenvalue weighted by molar-refractivity contribution is 5.60. The molecule has 0 unspecified atom stereocenters. The average molecular weight is 250 g/mol. The molecule has 0 fully saturated rings. The summed E-state index contributed by atoms with van der Waals surface area (Å²) in [7, 11) is 3.22. The average Bonchev–Trinajstić information content (AvgIpc) is 2.42. The summed E-state index contributed by atoms with van der Waals surface area (Å²) in [5.41, 5.74) is 0.489. The lowest BCUT2D eigenvalue weighted by Gasteiger charge is -2.36. The van der Waals surface area contributed by atoms with E-state index in [1.807, 2.05) is 57.2 Å². The van der Waals surface area contributed by atoms with Gasteiger partial charge in [-0.05, 0) is 19.1 Å². The first-order valence-electron chi connectivity index (χ1n) is 6.22. The van der Waals surface area contributed by atoms with Crippen molar-refractivity contribution in [2.75, 3.05) is 14.2 Å². The van der Waals surface area contributed by atoms with E-state index < -0.39 is 11.9 Å². The molecule has 3 nitrogen and oxygen atoms in total. The van der Waals surface area contributed by atoms with E-state index in [1.54, 1.807) is 14.2 Å². The van der Waals surface area contributed by atoms with Gasteiger partial charge in [-0.1, -0.05) is 38.1 Å². The maximum atomic E-state index is 5.93. The van der Waals surface area contributed by atoms with Crippen molar-refractivity contribution in [1.29, 1.82) is 0 Å². The van der Waals surface area contributed by atoms with Gasteiger partial charge in [0.15, 0.2) is 5.60 Å². The van der Waals surface area contributed by atoms with Crippen LogP contribution in [-0.4, -0.2) is 26.1 Å². The molecule has 0 saturated heterocycles. The van der Waals surface area contributed by atoms with Crippen LogP contribution in [-0.2, 0) is 9.47 Å². The molecular weight excluding hydrogens is 228 g/mol. The Kier molecular flexibility index (Phi) is 5.38. The smallest absolute Gasteiger partial charge is 0.200 e. The zero-order valence-electron chi connectivity index (χ0n) is 11.8. The number of benzene rings is 1. The molecule has 0 saturated carbocycles. The van der Waals surface area contributed by atoms with Crippen LogP contribution in [0.25, 0.3) is 6.08 Å². The molecule has 1 aromatic rings. The highest BCUT2D eigenvalue weighted by Crippen LogP contribution is 2.33. The van der Waals surface area contributed by atoms with E-state index in [0.29, 0.717) is 0 Å². The Labute approximate surface area is 109 Å². The van der Waals surface area contributed by atoms with Crippen LogP contribution in [0.15, 0.2) is 30.3 Å². The first kappa shape index (κ1) is 14.7. The van der Waals surface area contributed by atoms with Crippen molar-refractivity contribution in [2.24, 2.45) is 0 Å².